The lowest BCUT2D eigenvalue weighted by Gasteiger charge is -2.27. The van der Waals surface area contributed by atoms with Crippen molar-refractivity contribution in [3.63, 3.8) is 0 Å². The van der Waals surface area contributed by atoms with E-state index in [1.165, 1.54) is 0 Å². The summed E-state index contributed by atoms with van der Waals surface area (Å²) < 4.78 is 0. The van der Waals surface area contributed by atoms with Crippen LogP contribution < -0.4 is 0 Å². The lowest BCUT2D eigenvalue weighted by molar-refractivity contribution is -0.137. The Balaban J connectivity index is 2.85. The molecule has 0 bridgehead atoms. The van der Waals surface area contributed by atoms with Gasteiger partial charge in [-0.15, -0.1) is 0 Å². The van der Waals surface area contributed by atoms with Gasteiger partial charge in [-0.3, -0.25) is 9.59 Å². The minimum Gasteiger partial charge on any atom is -0.481 e. The number of benzene rings is 1. The van der Waals surface area contributed by atoms with E-state index < -0.39 is 5.97 Å². The van der Waals surface area contributed by atoms with Gasteiger partial charge in [0.05, 0.1) is 10.6 Å². The van der Waals surface area contributed by atoms with Crippen LogP contribution in [0.2, 0.25) is 5.02 Å². The van der Waals surface area contributed by atoms with E-state index in [1.54, 1.807) is 17.0 Å². The molecular formula is C15H20ClNO3. The Labute approximate surface area is 124 Å². The molecule has 0 saturated carbocycles. The van der Waals surface area contributed by atoms with Crippen LogP contribution in [0.25, 0.3) is 0 Å². The van der Waals surface area contributed by atoms with E-state index in [4.69, 9.17) is 16.7 Å². The first kappa shape index (κ1) is 16.5. The van der Waals surface area contributed by atoms with E-state index in [0.717, 1.165) is 5.56 Å². The summed E-state index contributed by atoms with van der Waals surface area (Å²) in [5, 5.41) is 9.10. The zero-order valence-corrected chi connectivity index (χ0v) is 12.8. The van der Waals surface area contributed by atoms with Crippen LogP contribution in [0, 0.1) is 6.92 Å². The highest BCUT2D eigenvalue weighted by atomic mass is 35.5. The first-order valence-corrected chi connectivity index (χ1v) is 6.99. The molecule has 0 radical (unpaired) electrons. The standard InChI is InChI=1S/C15H20ClNO3/c1-10(2)17(8-4-5-14(18)19)15(20)12-7-6-11(3)9-13(12)16/h6-7,9-10H,4-5,8H2,1-3H3,(H,18,19). The van der Waals surface area contributed by atoms with Crippen LogP contribution in [-0.4, -0.2) is 34.5 Å². The highest BCUT2D eigenvalue weighted by Gasteiger charge is 2.20. The predicted octanol–water partition coefficient (Wildman–Crippen LogP) is 3.36. The van der Waals surface area contributed by atoms with Gasteiger partial charge >= 0.3 is 5.97 Å². The van der Waals surface area contributed by atoms with Gasteiger partial charge < -0.3 is 10.0 Å². The number of carbonyl (C=O) groups is 2. The molecule has 0 heterocycles. The second-order valence-electron chi connectivity index (χ2n) is 5.07. The van der Waals surface area contributed by atoms with Crippen LogP contribution in [0.3, 0.4) is 0 Å². The molecular weight excluding hydrogens is 278 g/mol. The maximum Gasteiger partial charge on any atom is 0.303 e. The van der Waals surface area contributed by atoms with Crippen LogP contribution in [0.15, 0.2) is 18.2 Å². The van der Waals surface area contributed by atoms with Gasteiger partial charge in [0, 0.05) is 19.0 Å². The molecule has 0 unspecified atom stereocenters. The van der Waals surface area contributed by atoms with E-state index in [-0.39, 0.29) is 18.4 Å². The summed E-state index contributed by atoms with van der Waals surface area (Å²) in [6, 6.07) is 5.31. The fourth-order valence-corrected chi connectivity index (χ4v) is 2.26. The van der Waals surface area contributed by atoms with Crippen molar-refractivity contribution in [3.05, 3.63) is 34.3 Å². The maximum absolute atomic E-state index is 12.5. The number of carboxylic acid groups (broad SMARTS) is 1. The van der Waals surface area contributed by atoms with Gasteiger partial charge in [0.15, 0.2) is 0 Å². The van der Waals surface area contributed by atoms with Gasteiger partial charge in [0.1, 0.15) is 0 Å². The predicted molar refractivity (Wildman–Crippen MR) is 79.2 cm³/mol. The molecule has 0 spiro atoms. The van der Waals surface area contributed by atoms with Crippen LogP contribution >= 0.6 is 11.6 Å². The molecule has 20 heavy (non-hydrogen) atoms. The number of aryl methyl sites for hydroxylation is 1. The van der Waals surface area contributed by atoms with Crippen molar-refractivity contribution >= 4 is 23.5 Å². The average molecular weight is 298 g/mol. The zero-order chi connectivity index (χ0) is 15.3. The number of carboxylic acids is 1. The number of carbonyl (C=O) groups excluding carboxylic acids is 1. The third-order valence-electron chi connectivity index (χ3n) is 3.03. The lowest BCUT2D eigenvalue weighted by Crippen LogP contribution is -2.38. The van der Waals surface area contributed by atoms with Crippen LogP contribution in [-0.2, 0) is 4.79 Å². The Hall–Kier alpha value is -1.55. The summed E-state index contributed by atoms with van der Waals surface area (Å²) in [7, 11) is 0. The summed E-state index contributed by atoms with van der Waals surface area (Å²) in [4.78, 5) is 24.7. The van der Waals surface area contributed by atoms with Gasteiger partial charge in [-0.1, -0.05) is 17.7 Å². The smallest absolute Gasteiger partial charge is 0.303 e. The molecule has 1 rings (SSSR count). The number of hydrogen-bond acceptors (Lipinski definition) is 2. The molecule has 1 aromatic rings. The molecule has 4 nitrogen and oxygen atoms in total. The minimum atomic E-state index is -0.852. The minimum absolute atomic E-state index is 0.00587. The molecule has 0 aliphatic carbocycles. The number of aliphatic carboxylic acids is 1. The topological polar surface area (TPSA) is 57.6 Å². The Morgan fingerprint density at radius 1 is 1.35 bits per heavy atom. The fraction of sp³-hybridized carbons (Fsp3) is 0.467. The summed E-state index contributed by atoms with van der Waals surface area (Å²) in [6.45, 7) is 6.13. The Morgan fingerprint density at radius 3 is 2.50 bits per heavy atom. The molecule has 0 saturated heterocycles. The summed E-state index contributed by atoms with van der Waals surface area (Å²) in [6.07, 6.45) is 0.487. The largest absolute Gasteiger partial charge is 0.481 e. The molecule has 0 aliphatic rings. The van der Waals surface area contributed by atoms with Crippen molar-refractivity contribution in [1.82, 2.24) is 4.90 Å². The number of hydrogen-bond donors (Lipinski definition) is 1. The molecule has 0 aromatic heterocycles. The molecule has 110 valence electrons. The van der Waals surface area contributed by atoms with Crippen molar-refractivity contribution in [2.75, 3.05) is 6.54 Å². The van der Waals surface area contributed by atoms with Gasteiger partial charge in [0.25, 0.3) is 5.91 Å². The third kappa shape index (κ3) is 4.53. The first-order valence-electron chi connectivity index (χ1n) is 6.62. The van der Waals surface area contributed by atoms with Gasteiger partial charge in [-0.05, 0) is 44.9 Å². The second kappa shape index (κ2) is 7.29. The SMILES string of the molecule is Cc1ccc(C(=O)N(CCCC(=O)O)C(C)C)c(Cl)c1. The summed E-state index contributed by atoms with van der Waals surface area (Å²) in [5.74, 6) is -1.01. The van der Waals surface area contributed by atoms with Crippen molar-refractivity contribution in [3.8, 4) is 0 Å². The van der Waals surface area contributed by atoms with Crippen molar-refractivity contribution < 1.29 is 14.7 Å². The molecule has 1 N–H and O–H groups in total. The summed E-state index contributed by atoms with van der Waals surface area (Å²) >= 11 is 6.12. The quantitative estimate of drug-likeness (QED) is 0.876. The van der Waals surface area contributed by atoms with E-state index >= 15 is 0 Å². The van der Waals surface area contributed by atoms with Crippen molar-refractivity contribution in [2.45, 2.75) is 39.7 Å². The Morgan fingerprint density at radius 2 is 2.00 bits per heavy atom. The molecule has 5 heteroatoms. The molecule has 1 amide bonds. The first-order chi connectivity index (χ1) is 9.32. The highest BCUT2D eigenvalue weighted by molar-refractivity contribution is 6.33. The monoisotopic (exact) mass is 297 g/mol. The highest BCUT2D eigenvalue weighted by Crippen LogP contribution is 2.20. The Kier molecular flexibility index (Phi) is 6.02. The van der Waals surface area contributed by atoms with Crippen LogP contribution in [0.5, 0.6) is 0 Å². The average Bonchev–Trinajstić information content (AvgIpc) is 2.33. The normalized spacial score (nSPS) is 10.7. The van der Waals surface area contributed by atoms with E-state index in [0.29, 0.717) is 23.6 Å². The van der Waals surface area contributed by atoms with E-state index in [1.807, 2.05) is 26.8 Å². The summed E-state index contributed by atoms with van der Waals surface area (Å²) in [5.41, 5.74) is 1.45. The number of rotatable bonds is 6. The number of halogens is 1. The van der Waals surface area contributed by atoms with Gasteiger partial charge in [0.2, 0.25) is 0 Å². The molecule has 0 aliphatic heterocycles. The van der Waals surface area contributed by atoms with Crippen molar-refractivity contribution in [2.24, 2.45) is 0 Å². The van der Waals surface area contributed by atoms with Crippen LogP contribution in [0.4, 0.5) is 0 Å². The number of amides is 1. The van der Waals surface area contributed by atoms with Gasteiger partial charge in [-0.2, -0.15) is 0 Å². The van der Waals surface area contributed by atoms with Crippen LogP contribution in [0.1, 0.15) is 42.6 Å². The molecule has 0 atom stereocenters. The Bertz CT molecular complexity index is 500. The maximum atomic E-state index is 12.5. The van der Waals surface area contributed by atoms with E-state index in [9.17, 15) is 9.59 Å². The second-order valence-corrected chi connectivity index (χ2v) is 5.48. The van der Waals surface area contributed by atoms with E-state index in [2.05, 4.69) is 0 Å². The number of nitrogens with zero attached hydrogens (tertiary/aromatic N) is 1. The lowest BCUT2D eigenvalue weighted by atomic mass is 10.1. The molecule has 0 fully saturated rings. The fourth-order valence-electron chi connectivity index (χ4n) is 1.94. The third-order valence-corrected chi connectivity index (χ3v) is 3.34. The van der Waals surface area contributed by atoms with Gasteiger partial charge in [-0.25, -0.2) is 0 Å². The molecule has 1 aromatic carbocycles. The zero-order valence-electron chi connectivity index (χ0n) is 12.0. The van der Waals surface area contributed by atoms with Crippen molar-refractivity contribution in [1.29, 1.82) is 0 Å².